The Hall–Kier alpha value is -1.24. The number of fused-ring (bicyclic) bond motifs is 3. The molecule has 2 aliphatic carbocycles. The molecule has 1 aromatic heterocycles. The smallest absolute Gasteiger partial charge is 0.111 e. The molecular weight excluding hydrogens is 196 g/mol. The Morgan fingerprint density at radius 2 is 2.25 bits per heavy atom. The Kier molecular flexibility index (Phi) is 2.10. The number of hydrogen-bond acceptors (Lipinski definition) is 1. The summed E-state index contributed by atoms with van der Waals surface area (Å²) in [4.78, 5) is 0. The molecule has 0 aromatic carbocycles. The highest BCUT2D eigenvalue weighted by Crippen LogP contribution is 2.46. The second kappa shape index (κ2) is 3.38. The first-order chi connectivity index (χ1) is 7.66. The van der Waals surface area contributed by atoms with Gasteiger partial charge in [-0.3, -0.25) is 0 Å². The average Bonchev–Trinajstić information content (AvgIpc) is 2.60. The van der Waals surface area contributed by atoms with Gasteiger partial charge in [-0.05, 0) is 42.7 Å². The first kappa shape index (κ1) is 9.95. The molecule has 0 saturated carbocycles. The zero-order valence-electron chi connectivity index (χ0n) is 10.0. The lowest BCUT2D eigenvalue weighted by molar-refractivity contribution is 0.359. The van der Waals surface area contributed by atoms with Crippen LogP contribution in [0.25, 0.3) is 5.57 Å². The van der Waals surface area contributed by atoms with E-state index in [-0.39, 0.29) is 0 Å². The lowest BCUT2D eigenvalue weighted by Gasteiger charge is -2.34. The van der Waals surface area contributed by atoms with Crippen LogP contribution in [0.5, 0.6) is 0 Å². The fourth-order valence-electron chi connectivity index (χ4n) is 3.21. The number of allylic oxidation sites excluding steroid dienone is 3. The normalized spacial score (nSPS) is 28.4. The van der Waals surface area contributed by atoms with E-state index in [4.69, 9.17) is 4.42 Å². The highest BCUT2D eigenvalue weighted by Gasteiger charge is 2.34. The average molecular weight is 214 g/mol. The molecule has 0 fully saturated rings. The van der Waals surface area contributed by atoms with Gasteiger partial charge in [0.25, 0.3) is 0 Å². The number of furan rings is 1. The predicted molar refractivity (Wildman–Crippen MR) is 66.2 cm³/mol. The summed E-state index contributed by atoms with van der Waals surface area (Å²) in [6, 6.07) is 0. The third-order valence-electron chi connectivity index (χ3n) is 4.07. The van der Waals surface area contributed by atoms with E-state index >= 15 is 0 Å². The van der Waals surface area contributed by atoms with Gasteiger partial charge >= 0.3 is 0 Å². The summed E-state index contributed by atoms with van der Waals surface area (Å²) in [7, 11) is 0. The van der Waals surface area contributed by atoms with Crippen LogP contribution in [0.15, 0.2) is 28.9 Å². The second-order valence-corrected chi connectivity index (χ2v) is 5.30. The Morgan fingerprint density at radius 1 is 1.44 bits per heavy atom. The van der Waals surface area contributed by atoms with Crippen molar-refractivity contribution >= 4 is 5.57 Å². The van der Waals surface area contributed by atoms with E-state index in [1.165, 1.54) is 34.5 Å². The molecule has 1 heteroatoms. The molecule has 1 unspecified atom stereocenters. The molecule has 16 heavy (non-hydrogen) atoms. The highest BCUT2D eigenvalue weighted by molar-refractivity contribution is 5.76. The highest BCUT2D eigenvalue weighted by atomic mass is 16.3. The minimum absolute atomic E-state index is 0.706. The molecule has 0 spiro atoms. The molecule has 0 aliphatic heterocycles. The van der Waals surface area contributed by atoms with Crippen LogP contribution in [0, 0.1) is 18.8 Å². The third-order valence-corrected chi connectivity index (χ3v) is 4.07. The fourth-order valence-corrected chi connectivity index (χ4v) is 3.21. The summed E-state index contributed by atoms with van der Waals surface area (Å²) in [5.74, 6) is 2.61. The van der Waals surface area contributed by atoms with Gasteiger partial charge in [0, 0.05) is 12.0 Å². The Morgan fingerprint density at radius 3 is 3.06 bits per heavy atom. The van der Waals surface area contributed by atoms with Crippen molar-refractivity contribution in [2.45, 2.75) is 33.1 Å². The summed E-state index contributed by atoms with van der Waals surface area (Å²) < 4.78 is 5.67. The quantitative estimate of drug-likeness (QED) is 0.633. The summed E-state index contributed by atoms with van der Waals surface area (Å²) in [5.41, 5.74) is 5.42. The molecule has 1 aromatic rings. The SMILES string of the molecule is C=C1C=C2c3c(C)coc3C[C@@H](C)C2CC1. The van der Waals surface area contributed by atoms with Crippen molar-refractivity contribution in [3.63, 3.8) is 0 Å². The largest absolute Gasteiger partial charge is 0.468 e. The van der Waals surface area contributed by atoms with Gasteiger partial charge in [0.1, 0.15) is 5.76 Å². The maximum atomic E-state index is 5.67. The maximum Gasteiger partial charge on any atom is 0.111 e. The molecule has 3 rings (SSSR count). The van der Waals surface area contributed by atoms with Crippen LogP contribution in [0.1, 0.15) is 36.7 Å². The number of hydrogen-bond donors (Lipinski definition) is 0. The van der Waals surface area contributed by atoms with Crippen LogP contribution in [0.4, 0.5) is 0 Å². The molecule has 1 nitrogen and oxygen atoms in total. The van der Waals surface area contributed by atoms with E-state index < -0.39 is 0 Å². The van der Waals surface area contributed by atoms with Gasteiger partial charge in [0.15, 0.2) is 0 Å². The minimum atomic E-state index is 0.706. The van der Waals surface area contributed by atoms with E-state index in [2.05, 4.69) is 26.5 Å². The summed E-state index contributed by atoms with van der Waals surface area (Å²) in [5, 5.41) is 0. The molecule has 0 amide bonds. The Balaban J connectivity index is 2.19. The van der Waals surface area contributed by atoms with Crippen molar-refractivity contribution in [2.75, 3.05) is 0 Å². The van der Waals surface area contributed by atoms with Crippen LogP contribution in [0.2, 0.25) is 0 Å². The van der Waals surface area contributed by atoms with Gasteiger partial charge in [-0.1, -0.05) is 25.2 Å². The molecule has 2 atom stereocenters. The molecule has 2 aliphatic rings. The van der Waals surface area contributed by atoms with Gasteiger partial charge in [-0.25, -0.2) is 0 Å². The van der Waals surface area contributed by atoms with Crippen LogP contribution < -0.4 is 0 Å². The van der Waals surface area contributed by atoms with Crippen LogP contribution in [-0.2, 0) is 6.42 Å². The molecular formula is C15H18O. The zero-order valence-corrected chi connectivity index (χ0v) is 10.0. The molecule has 1 heterocycles. The standard InChI is InChI=1S/C15H18O/c1-9-4-5-12-10(2)7-14-15(13(12)6-9)11(3)8-16-14/h6,8,10,12H,1,4-5,7H2,2-3H3/t10-,12?/m1/s1. The van der Waals surface area contributed by atoms with Crippen molar-refractivity contribution in [2.24, 2.45) is 11.8 Å². The van der Waals surface area contributed by atoms with Crippen molar-refractivity contribution < 1.29 is 4.42 Å². The first-order valence-corrected chi connectivity index (χ1v) is 6.13. The lowest BCUT2D eigenvalue weighted by Crippen LogP contribution is -2.24. The lowest BCUT2D eigenvalue weighted by atomic mass is 9.70. The molecule has 0 N–H and O–H groups in total. The monoisotopic (exact) mass is 214 g/mol. The Bertz CT molecular complexity index is 476. The molecule has 0 radical (unpaired) electrons. The van der Waals surface area contributed by atoms with Crippen molar-refractivity contribution in [3.8, 4) is 0 Å². The van der Waals surface area contributed by atoms with E-state index in [1.54, 1.807) is 0 Å². The fraction of sp³-hybridized carbons (Fsp3) is 0.467. The number of aryl methyl sites for hydroxylation is 1. The van der Waals surface area contributed by atoms with Gasteiger partial charge in [-0.15, -0.1) is 0 Å². The van der Waals surface area contributed by atoms with Crippen LogP contribution in [0.3, 0.4) is 0 Å². The van der Waals surface area contributed by atoms with Gasteiger partial charge in [-0.2, -0.15) is 0 Å². The second-order valence-electron chi connectivity index (χ2n) is 5.30. The van der Waals surface area contributed by atoms with Crippen molar-refractivity contribution in [3.05, 3.63) is 41.4 Å². The summed E-state index contributed by atoms with van der Waals surface area (Å²) >= 11 is 0. The van der Waals surface area contributed by atoms with Gasteiger partial charge in [0.2, 0.25) is 0 Å². The van der Waals surface area contributed by atoms with Crippen molar-refractivity contribution in [1.29, 1.82) is 0 Å². The molecule has 0 saturated heterocycles. The van der Waals surface area contributed by atoms with Gasteiger partial charge < -0.3 is 4.42 Å². The maximum absolute atomic E-state index is 5.67. The van der Waals surface area contributed by atoms with E-state index in [1.807, 2.05) is 6.26 Å². The van der Waals surface area contributed by atoms with Crippen LogP contribution in [-0.4, -0.2) is 0 Å². The van der Waals surface area contributed by atoms with Crippen molar-refractivity contribution in [1.82, 2.24) is 0 Å². The minimum Gasteiger partial charge on any atom is -0.468 e. The topological polar surface area (TPSA) is 13.1 Å². The van der Waals surface area contributed by atoms with Gasteiger partial charge in [0.05, 0.1) is 6.26 Å². The Labute approximate surface area is 96.8 Å². The van der Waals surface area contributed by atoms with Crippen LogP contribution >= 0.6 is 0 Å². The zero-order chi connectivity index (χ0) is 11.3. The third kappa shape index (κ3) is 1.31. The first-order valence-electron chi connectivity index (χ1n) is 6.13. The molecule has 84 valence electrons. The van der Waals surface area contributed by atoms with E-state index in [0.717, 1.165) is 12.8 Å². The summed E-state index contributed by atoms with van der Waals surface area (Å²) in [6.45, 7) is 8.60. The van der Waals surface area contributed by atoms with E-state index in [0.29, 0.717) is 11.8 Å². The summed E-state index contributed by atoms with van der Waals surface area (Å²) in [6.07, 6.45) is 7.71. The van der Waals surface area contributed by atoms with E-state index in [9.17, 15) is 0 Å². The predicted octanol–water partition coefficient (Wildman–Crippen LogP) is 4.13. The molecule has 0 bridgehead atoms. The number of rotatable bonds is 0.